The third-order valence-electron chi connectivity index (χ3n) is 5.44. The third kappa shape index (κ3) is 4.90. The molecule has 0 saturated carbocycles. The van der Waals surface area contributed by atoms with Gasteiger partial charge in [-0.3, -0.25) is 14.9 Å². The van der Waals surface area contributed by atoms with Crippen molar-refractivity contribution in [2.75, 3.05) is 59.9 Å². The van der Waals surface area contributed by atoms with E-state index in [0.29, 0.717) is 26.2 Å². The first-order valence-corrected chi connectivity index (χ1v) is 11.7. The average molecular weight is 495 g/mol. The van der Waals surface area contributed by atoms with Crippen LogP contribution in [0.4, 0.5) is 11.4 Å². The summed E-state index contributed by atoms with van der Waals surface area (Å²) in [5.41, 5.74) is -0.647. The Balaban J connectivity index is 1.88. The molecule has 1 N–H and O–H groups in total. The Labute approximate surface area is 197 Å². The van der Waals surface area contributed by atoms with Gasteiger partial charge in [0.1, 0.15) is 5.56 Å². The summed E-state index contributed by atoms with van der Waals surface area (Å²) in [7, 11) is 2.09. The molecule has 13 heteroatoms. The summed E-state index contributed by atoms with van der Waals surface area (Å²) in [5, 5.41) is 14.3. The van der Waals surface area contributed by atoms with Gasteiger partial charge in [0.05, 0.1) is 31.1 Å². The highest BCUT2D eigenvalue weighted by Crippen LogP contribution is 2.46. The molecule has 0 unspecified atom stereocenters. The lowest BCUT2D eigenvalue weighted by atomic mass is 10.1. The predicted molar refractivity (Wildman–Crippen MR) is 123 cm³/mol. The first-order chi connectivity index (χ1) is 16.1. The number of carbonyl (C=O) groups excluding carboxylic acids is 1. The topological polar surface area (TPSA) is 141 Å². The molecule has 1 aliphatic heterocycles. The van der Waals surface area contributed by atoms with Crippen LogP contribution >= 0.6 is 0 Å². The Morgan fingerprint density at radius 2 is 1.59 bits per heavy atom. The zero-order chi connectivity index (χ0) is 25.0. The zero-order valence-corrected chi connectivity index (χ0v) is 20.0. The van der Waals surface area contributed by atoms with Crippen LogP contribution < -0.4 is 19.5 Å². The minimum atomic E-state index is -3.67. The fourth-order valence-electron chi connectivity index (χ4n) is 3.58. The largest absolute Gasteiger partial charge is 0.493 e. The number of carbonyl (C=O) groups is 1. The Morgan fingerprint density at radius 1 is 1.00 bits per heavy atom. The monoisotopic (exact) mass is 494 g/mol. The molecule has 1 amide bonds. The van der Waals surface area contributed by atoms with Gasteiger partial charge in [-0.15, -0.1) is 0 Å². The van der Waals surface area contributed by atoms with Gasteiger partial charge >= 0.3 is 5.69 Å². The maximum atomic E-state index is 12.9. The van der Waals surface area contributed by atoms with Gasteiger partial charge in [0.2, 0.25) is 21.5 Å². The molecule has 0 spiro atoms. The van der Waals surface area contributed by atoms with E-state index in [2.05, 4.69) is 5.32 Å². The van der Waals surface area contributed by atoms with Gasteiger partial charge in [0.25, 0.3) is 5.91 Å². The Bertz CT molecular complexity index is 1180. The molecule has 0 radical (unpaired) electrons. The molecule has 1 fully saturated rings. The van der Waals surface area contributed by atoms with Gasteiger partial charge in [-0.2, -0.15) is 4.31 Å². The molecule has 0 aliphatic carbocycles. The van der Waals surface area contributed by atoms with Gasteiger partial charge in [-0.05, 0) is 31.3 Å². The number of benzene rings is 2. The number of anilines is 1. The minimum absolute atomic E-state index is 0.0216. The number of hydrogen-bond acceptors (Lipinski definition) is 9. The second kappa shape index (κ2) is 10.2. The summed E-state index contributed by atoms with van der Waals surface area (Å²) in [5.74, 6) is -1.01. The zero-order valence-electron chi connectivity index (χ0n) is 19.2. The molecular weight excluding hydrogens is 468 g/mol. The standard InChI is InChI=1S/C21H26N4O8S/c1-23-9-11-24(12-10-23)34(29,30)15-7-5-14(6-8-15)22-21(26)16-13-17(31-2)19(32-3)20(33-4)18(16)25(27)28/h5-8,13H,9-12H2,1-4H3,(H,22,26). The van der Waals surface area contributed by atoms with E-state index in [9.17, 15) is 23.3 Å². The van der Waals surface area contributed by atoms with E-state index < -0.39 is 26.5 Å². The summed E-state index contributed by atoms with van der Waals surface area (Å²) < 4.78 is 42.6. The normalized spacial score (nSPS) is 14.9. The minimum Gasteiger partial charge on any atom is -0.493 e. The van der Waals surface area contributed by atoms with Crippen LogP contribution in [-0.4, -0.2) is 83.0 Å². The molecule has 0 aromatic heterocycles. The number of nitrogens with one attached hydrogen (secondary N) is 1. The number of sulfonamides is 1. The summed E-state index contributed by atoms with van der Waals surface area (Å²) in [6.07, 6.45) is 0. The molecular formula is C21H26N4O8S. The summed E-state index contributed by atoms with van der Waals surface area (Å²) in [6, 6.07) is 6.79. The number of amides is 1. The first kappa shape index (κ1) is 25.2. The highest BCUT2D eigenvalue weighted by atomic mass is 32.2. The predicted octanol–water partition coefficient (Wildman–Crippen LogP) is 1.81. The quantitative estimate of drug-likeness (QED) is 0.430. The van der Waals surface area contributed by atoms with E-state index in [0.717, 1.165) is 0 Å². The van der Waals surface area contributed by atoms with Crippen LogP contribution in [0.2, 0.25) is 0 Å². The summed E-state index contributed by atoms with van der Waals surface area (Å²) in [4.78, 5) is 26.1. The van der Waals surface area contributed by atoms with E-state index in [1.165, 1.54) is 56.0 Å². The lowest BCUT2D eigenvalue weighted by molar-refractivity contribution is -0.386. The molecule has 0 bridgehead atoms. The van der Waals surface area contributed by atoms with Crippen molar-refractivity contribution in [3.8, 4) is 17.2 Å². The Kier molecular flexibility index (Phi) is 7.59. The summed E-state index contributed by atoms with van der Waals surface area (Å²) >= 11 is 0. The number of likely N-dealkylation sites (N-methyl/N-ethyl adjacent to an activating group) is 1. The molecule has 2 aromatic carbocycles. The van der Waals surface area contributed by atoms with Crippen LogP contribution in [0.25, 0.3) is 0 Å². The van der Waals surface area contributed by atoms with Crippen molar-refractivity contribution >= 4 is 27.3 Å². The van der Waals surface area contributed by atoms with Crippen molar-refractivity contribution in [1.29, 1.82) is 0 Å². The van der Waals surface area contributed by atoms with Gasteiger partial charge in [0.15, 0.2) is 5.75 Å². The lowest BCUT2D eigenvalue weighted by Crippen LogP contribution is -2.46. The second-order valence-electron chi connectivity index (χ2n) is 7.48. The Morgan fingerprint density at radius 3 is 2.09 bits per heavy atom. The van der Waals surface area contributed by atoms with Crippen LogP contribution in [0.1, 0.15) is 10.4 Å². The van der Waals surface area contributed by atoms with Crippen LogP contribution in [0.15, 0.2) is 35.2 Å². The van der Waals surface area contributed by atoms with Gasteiger partial charge in [-0.25, -0.2) is 8.42 Å². The number of nitrogens with zero attached hydrogens (tertiary/aromatic N) is 3. The van der Waals surface area contributed by atoms with E-state index in [1.807, 2.05) is 11.9 Å². The molecule has 0 atom stereocenters. The number of piperazine rings is 1. The van der Waals surface area contributed by atoms with Crippen molar-refractivity contribution in [3.05, 3.63) is 46.0 Å². The molecule has 3 rings (SSSR count). The van der Waals surface area contributed by atoms with Crippen molar-refractivity contribution in [2.24, 2.45) is 0 Å². The number of methoxy groups -OCH3 is 3. The number of ether oxygens (including phenoxy) is 3. The SMILES string of the molecule is COc1cc(C(=O)Nc2ccc(S(=O)(=O)N3CCN(C)CC3)cc2)c([N+](=O)[O-])c(OC)c1OC. The van der Waals surface area contributed by atoms with Crippen LogP contribution in [0.5, 0.6) is 17.2 Å². The van der Waals surface area contributed by atoms with Crippen molar-refractivity contribution < 1.29 is 32.3 Å². The molecule has 1 aliphatic rings. The van der Waals surface area contributed by atoms with E-state index in [1.54, 1.807) is 0 Å². The summed E-state index contributed by atoms with van der Waals surface area (Å²) in [6.45, 7) is 2.06. The fourth-order valence-corrected chi connectivity index (χ4v) is 5.00. The highest BCUT2D eigenvalue weighted by Gasteiger charge is 2.33. The van der Waals surface area contributed by atoms with E-state index in [4.69, 9.17) is 14.2 Å². The van der Waals surface area contributed by atoms with Gasteiger partial charge in [-0.1, -0.05) is 0 Å². The van der Waals surface area contributed by atoms with Crippen molar-refractivity contribution in [1.82, 2.24) is 9.21 Å². The van der Waals surface area contributed by atoms with E-state index in [-0.39, 0.29) is 33.4 Å². The molecule has 184 valence electrons. The van der Waals surface area contributed by atoms with Gasteiger partial charge in [0, 0.05) is 37.9 Å². The molecule has 2 aromatic rings. The van der Waals surface area contributed by atoms with Crippen molar-refractivity contribution in [2.45, 2.75) is 4.90 Å². The molecule has 12 nitrogen and oxygen atoms in total. The smallest absolute Gasteiger partial charge is 0.327 e. The lowest BCUT2D eigenvalue weighted by Gasteiger charge is -2.31. The van der Waals surface area contributed by atoms with Crippen LogP contribution in [0, 0.1) is 10.1 Å². The fraction of sp³-hybridized carbons (Fsp3) is 0.381. The number of hydrogen-bond donors (Lipinski definition) is 1. The third-order valence-corrected chi connectivity index (χ3v) is 7.36. The Hall–Kier alpha value is -3.42. The number of nitro benzene ring substituents is 1. The van der Waals surface area contributed by atoms with Crippen molar-refractivity contribution in [3.63, 3.8) is 0 Å². The van der Waals surface area contributed by atoms with E-state index >= 15 is 0 Å². The first-order valence-electron chi connectivity index (χ1n) is 10.2. The van der Waals surface area contributed by atoms with Crippen LogP contribution in [0.3, 0.4) is 0 Å². The average Bonchev–Trinajstić information content (AvgIpc) is 2.82. The maximum absolute atomic E-state index is 12.9. The highest BCUT2D eigenvalue weighted by molar-refractivity contribution is 7.89. The van der Waals surface area contributed by atoms with Gasteiger partial charge < -0.3 is 24.4 Å². The molecule has 1 heterocycles. The van der Waals surface area contributed by atoms with Crippen LogP contribution in [-0.2, 0) is 10.0 Å². The maximum Gasteiger partial charge on any atom is 0.327 e. The molecule has 34 heavy (non-hydrogen) atoms. The molecule has 1 saturated heterocycles. The second-order valence-corrected chi connectivity index (χ2v) is 9.42. The number of rotatable bonds is 8. The number of nitro groups is 1.